The Hall–Kier alpha value is -1.36. The van der Waals surface area contributed by atoms with E-state index >= 15 is 0 Å². The molecule has 21 heavy (non-hydrogen) atoms. The first kappa shape index (κ1) is 16.0. The van der Waals surface area contributed by atoms with E-state index in [-0.39, 0.29) is 5.56 Å². The molecule has 0 bridgehead atoms. The van der Waals surface area contributed by atoms with Gasteiger partial charge in [-0.1, -0.05) is 13.8 Å². The summed E-state index contributed by atoms with van der Waals surface area (Å²) in [6, 6.07) is 2.27. The minimum Gasteiger partial charge on any atom is -0.370 e. The standard InChI is InChI=1S/C16H28N4O/c1-3-14(4-2)17-8-11-20-16(21)12-15(13-18-20)19-9-6-5-7-10-19/h12-14,17H,3-11H2,1-2H3. The van der Waals surface area contributed by atoms with Crippen LogP contribution in [0.1, 0.15) is 46.0 Å². The van der Waals surface area contributed by atoms with Gasteiger partial charge >= 0.3 is 0 Å². The molecule has 1 fully saturated rings. The number of hydrogen-bond acceptors (Lipinski definition) is 4. The van der Waals surface area contributed by atoms with Gasteiger partial charge < -0.3 is 10.2 Å². The second-order valence-corrected chi connectivity index (χ2v) is 5.79. The van der Waals surface area contributed by atoms with Gasteiger partial charge in [0.05, 0.1) is 18.4 Å². The molecule has 0 amide bonds. The number of anilines is 1. The lowest BCUT2D eigenvalue weighted by molar-refractivity contribution is 0.447. The lowest BCUT2D eigenvalue weighted by atomic mass is 10.1. The van der Waals surface area contributed by atoms with Crippen molar-refractivity contribution in [2.24, 2.45) is 0 Å². The first-order chi connectivity index (χ1) is 10.2. The molecule has 0 saturated carbocycles. The summed E-state index contributed by atoms with van der Waals surface area (Å²) in [6.45, 7) is 7.87. The highest BCUT2D eigenvalue weighted by atomic mass is 16.1. The second-order valence-electron chi connectivity index (χ2n) is 5.79. The summed E-state index contributed by atoms with van der Waals surface area (Å²) in [4.78, 5) is 14.4. The van der Waals surface area contributed by atoms with E-state index in [2.05, 4.69) is 29.2 Å². The largest absolute Gasteiger partial charge is 0.370 e. The zero-order chi connectivity index (χ0) is 15.1. The van der Waals surface area contributed by atoms with Gasteiger partial charge in [0.1, 0.15) is 0 Å². The van der Waals surface area contributed by atoms with Crippen molar-refractivity contribution in [2.45, 2.75) is 58.5 Å². The summed E-state index contributed by atoms with van der Waals surface area (Å²) in [5, 5.41) is 7.79. The fraction of sp³-hybridized carbons (Fsp3) is 0.750. The van der Waals surface area contributed by atoms with Crippen LogP contribution in [0.15, 0.2) is 17.1 Å². The molecule has 118 valence electrons. The molecule has 1 aliphatic rings. The van der Waals surface area contributed by atoms with E-state index in [1.54, 1.807) is 10.7 Å². The van der Waals surface area contributed by atoms with E-state index in [9.17, 15) is 4.79 Å². The molecule has 1 saturated heterocycles. The van der Waals surface area contributed by atoms with Gasteiger partial charge in [-0.15, -0.1) is 0 Å². The highest BCUT2D eigenvalue weighted by Crippen LogP contribution is 2.16. The molecule has 1 aromatic heterocycles. The summed E-state index contributed by atoms with van der Waals surface area (Å²) in [5.41, 5.74) is 0.980. The predicted molar refractivity (Wildman–Crippen MR) is 86.9 cm³/mol. The smallest absolute Gasteiger partial charge is 0.268 e. The van der Waals surface area contributed by atoms with Gasteiger partial charge in [-0.05, 0) is 32.1 Å². The Morgan fingerprint density at radius 3 is 2.57 bits per heavy atom. The van der Waals surface area contributed by atoms with E-state index in [1.165, 1.54) is 19.3 Å². The van der Waals surface area contributed by atoms with Crippen LogP contribution in [-0.2, 0) is 6.54 Å². The average Bonchev–Trinajstić information content (AvgIpc) is 2.53. The predicted octanol–water partition coefficient (Wildman–Crippen LogP) is 2.01. The topological polar surface area (TPSA) is 50.2 Å². The number of nitrogens with one attached hydrogen (secondary N) is 1. The van der Waals surface area contributed by atoms with Gasteiger partial charge in [0.25, 0.3) is 5.56 Å². The van der Waals surface area contributed by atoms with E-state index < -0.39 is 0 Å². The lowest BCUT2D eigenvalue weighted by Gasteiger charge is -2.28. The quantitative estimate of drug-likeness (QED) is 0.835. The molecule has 1 N–H and O–H groups in total. The van der Waals surface area contributed by atoms with Gasteiger partial charge in [0, 0.05) is 31.7 Å². The van der Waals surface area contributed by atoms with Crippen molar-refractivity contribution in [3.05, 3.63) is 22.6 Å². The van der Waals surface area contributed by atoms with Crippen LogP contribution in [0.4, 0.5) is 5.69 Å². The maximum atomic E-state index is 12.1. The molecule has 0 atom stereocenters. The summed E-state index contributed by atoms with van der Waals surface area (Å²) in [5.74, 6) is 0. The van der Waals surface area contributed by atoms with Crippen LogP contribution in [0.2, 0.25) is 0 Å². The fourth-order valence-corrected chi connectivity index (χ4v) is 2.87. The van der Waals surface area contributed by atoms with E-state index in [0.29, 0.717) is 12.6 Å². The molecular formula is C16H28N4O. The minimum atomic E-state index is 0.00409. The van der Waals surface area contributed by atoms with Crippen LogP contribution in [0.25, 0.3) is 0 Å². The number of nitrogens with zero attached hydrogens (tertiary/aromatic N) is 3. The molecule has 5 nitrogen and oxygen atoms in total. The van der Waals surface area contributed by atoms with E-state index in [1.807, 2.05) is 6.20 Å². The zero-order valence-corrected chi connectivity index (χ0v) is 13.3. The summed E-state index contributed by atoms with van der Waals surface area (Å²) < 4.78 is 1.56. The molecule has 2 rings (SSSR count). The van der Waals surface area contributed by atoms with Crippen molar-refractivity contribution in [3.8, 4) is 0 Å². The molecular weight excluding hydrogens is 264 g/mol. The monoisotopic (exact) mass is 292 g/mol. The van der Waals surface area contributed by atoms with Gasteiger partial charge in [0.2, 0.25) is 0 Å². The maximum Gasteiger partial charge on any atom is 0.268 e. The third-order valence-corrected chi connectivity index (χ3v) is 4.32. The van der Waals surface area contributed by atoms with Gasteiger partial charge in [0.15, 0.2) is 0 Å². The van der Waals surface area contributed by atoms with Crippen molar-refractivity contribution in [3.63, 3.8) is 0 Å². The Morgan fingerprint density at radius 1 is 1.24 bits per heavy atom. The Kier molecular flexibility index (Phi) is 6.23. The van der Waals surface area contributed by atoms with Crippen LogP contribution >= 0.6 is 0 Å². The van der Waals surface area contributed by atoms with Crippen LogP contribution in [0.5, 0.6) is 0 Å². The van der Waals surface area contributed by atoms with Gasteiger partial charge in [-0.3, -0.25) is 4.79 Å². The Bertz CT molecular complexity index is 475. The Morgan fingerprint density at radius 2 is 1.95 bits per heavy atom. The van der Waals surface area contributed by atoms with Crippen LogP contribution in [-0.4, -0.2) is 35.5 Å². The van der Waals surface area contributed by atoms with Crippen LogP contribution in [0.3, 0.4) is 0 Å². The van der Waals surface area contributed by atoms with E-state index in [0.717, 1.165) is 38.2 Å². The highest BCUT2D eigenvalue weighted by molar-refractivity contribution is 5.43. The molecule has 1 aliphatic heterocycles. The minimum absolute atomic E-state index is 0.00409. The number of aromatic nitrogens is 2. The summed E-state index contributed by atoms with van der Waals surface area (Å²) >= 11 is 0. The number of piperidine rings is 1. The first-order valence-electron chi connectivity index (χ1n) is 8.30. The van der Waals surface area contributed by atoms with Crippen molar-refractivity contribution in [2.75, 3.05) is 24.5 Å². The molecule has 0 aliphatic carbocycles. The van der Waals surface area contributed by atoms with Gasteiger partial charge in [-0.2, -0.15) is 5.10 Å². The zero-order valence-electron chi connectivity index (χ0n) is 13.3. The normalized spacial score (nSPS) is 15.7. The third-order valence-electron chi connectivity index (χ3n) is 4.32. The summed E-state index contributed by atoms with van der Waals surface area (Å²) in [6.07, 6.45) is 7.79. The van der Waals surface area contributed by atoms with Crippen molar-refractivity contribution in [1.29, 1.82) is 0 Å². The van der Waals surface area contributed by atoms with Gasteiger partial charge in [-0.25, -0.2) is 4.68 Å². The van der Waals surface area contributed by atoms with Crippen molar-refractivity contribution in [1.82, 2.24) is 15.1 Å². The molecule has 0 spiro atoms. The SMILES string of the molecule is CCC(CC)NCCn1ncc(N2CCCCC2)cc1=O. The third kappa shape index (κ3) is 4.56. The summed E-state index contributed by atoms with van der Waals surface area (Å²) in [7, 11) is 0. The molecule has 5 heteroatoms. The van der Waals surface area contributed by atoms with Crippen LogP contribution < -0.4 is 15.8 Å². The first-order valence-corrected chi connectivity index (χ1v) is 8.30. The Balaban J connectivity index is 1.91. The molecule has 0 unspecified atom stereocenters. The molecule has 0 radical (unpaired) electrons. The molecule has 2 heterocycles. The maximum absolute atomic E-state index is 12.1. The van der Waals surface area contributed by atoms with E-state index in [4.69, 9.17) is 0 Å². The van der Waals surface area contributed by atoms with Crippen molar-refractivity contribution < 1.29 is 0 Å². The number of rotatable bonds is 7. The Labute approximate surface area is 127 Å². The number of hydrogen-bond donors (Lipinski definition) is 1. The second kappa shape index (κ2) is 8.17. The molecule has 0 aromatic carbocycles. The average molecular weight is 292 g/mol. The van der Waals surface area contributed by atoms with Crippen LogP contribution in [0, 0.1) is 0 Å². The fourth-order valence-electron chi connectivity index (χ4n) is 2.87. The lowest BCUT2D eigenvalue weighted by Crippen LogP contribution is -2.35. The molecule has 1 aromatic rings. The highest BCUT2D eigenvalue weighted by Gasteiger charge is 2.12. The van der Waals surface area contributed by atoms with Crippen molar-refractivity contribution >= 4 is 5.69 Å².